The molecule has 1 amide bonds. The number of para-hydroxylation sites is 1. The standard InChI is InChI=1S/C17H24F3N3O2/c1-16(2,3)25-15(24)23-10-5-4-9-13(23)22-14-11(17(18,19)20)7-6-8-12(14)21/h6-8,13,22H,4-5,9-10,21H2,1-3H3. The van der Waals surface area contributed by atoms with Gasteiger partial charge in [0, 0.05) is 6.54 Å². The average Bonchev–Trinajstić information content (AvgIpc) is 2.47. The molecule has 8 heteroatoms. The highest BCUT2D eigenvalue weighted by atomic mass is 19.4. The fraction of sp³-hybridized carbons (Fsp3) is 0.588. The Morgan fingerprint density at radius 2 is 1.96 bits per heavy atom. The summed E-state index contributed by atoms with van der Waals surface area (Å²) in [5, 5.41) is 2.82. The van der Waals surface area contributed by atoms with Crippen molar-refractivity contribution in [1.29, 1.82) is 0 Å². The van der Waals surface area contributed by atoms with Crippen molar-refractivity contribution in [1.82, 2.24) is 4.90 Å². The molecule has 5 nitrogen and oxygen atoms in total. The third kappa shape index (κ3) is 4.93. The molecule has 1 aliphatic rings. The topological polar surface area (TPSA) is 67.6 Å². The second kappa shape index (κ2) is 7.01. The minimum absolute atomic E-state index is 0.00969. The van der Waals surface area contributed by atoms with E-state index >= 15 is 0 Å². The van der Waals surface area contributed by atoms with E-state index in [9.17, 15) is 18.0 Å². The van der Waals surface area contributed by atoms with Gasteiger partial charge in [-0.05, 0) is 52.2 Å². The number of nitrogens with zero attached hydrogens (tertiary/aromatic N) is 1. The summed E-state index contributed by atoms with van der Waals surface area (Å²) in [6.45, 7) is 5.65. The summed E-state index contributed by atoms with van der Waals surface area (Å²) < 4.78 is 45.1. The molecule has 1 aliphatic heterocycles. The molecule has 3 N–H and O–H groups in total. The lowest BCUT2D eigenvalue weighted by Gasteiger charge is -2.38. The summed E-state index contributed by atoms with van der Waals surface area (Å²) in [6.07, 6.45) is -3.60. The lowest BCUT2D eigenvalue weighted by Crippen LogP contribution is -2.49. The van der Waals surface area contributed by atoms with E-state index in [2.05, 4.69) is 5.32 Å². The van der Waals surface area contributed by atoms with E-state index in [-0.39, 0.29) is 11.4 Å². The molecule has 1 heterocycles. The number of benzene rings is 1. The number of piperidine rings is 1. The Morgan fingerprint density at radius 3 is 2.56 bits per heavy atom. The van der Waals surface area contributed by atoms with Gasteiger partial charge in [0.25, 0.3) is 0 Å². The summed E-state index contributed by atoms with van der Waals surface area (Å²) in [7, 11) is 0. The number of likely N-dealkylation sites (tertiary alicyclic amines) is 1. The smallest absolute Gasteiger partial charge is 0.418 e. The predicted molar refractivity (Wildman–Crippen MR) is 90.1 cm³/mol. The molecule has 0 radical (unpaired) electrons. The van der Waals surface area contributed by atoms with Crippen LogP contribution in [0, 0.1) is 0 Å². The maximum absolute atomic E-state index is 13.3. The van der Waals surface area contributed by atoms with Crippen molar-refractivity contribution in [3.05, 3.63) is 23.8 Å². The fourth-order valence-electron chi connectivity index (χ4n) is 2.75. The van der Waals surface area contributed by atoms with Gasteiger partial charge in [0.1, 0.15) is 11.8 Å². The number of hydrogen-bond donors (Lipinski definition) is 2. The van der Waals surface area contributed by atoms with Gasteiger partial charge in [-0.2, -0.15) is 13.2 Å². The number of carbonyl (C=O) groups is 1. The maximum atomic E-state index is 13.3. The van der Waals surface area contributed by atoms with E-state index < -0.39 is 29.6 Å². The van der Waals surface area contributed by atoms with Crippen LogP contribution in [-0.2, 0) is 10.9 Å². The third-order valence-electron chi connectivity index (χ3n) is 3.84. The number of hydrogen-bond acceptors (Lipinski definition) is 4. The van der Waals surface area contributed by atoms with Crippen molar-refractivity contribution in [2.45, 2.75) is 58.0 Å². The van der Waals surface area contributed by atoms with Crippen LogP contribution in [0.15, 0.2) is 18.2 Å². The zero-order valence-corrected chi connectivity index (χ0v) is 14.6. The predicted octanol–water partition coefficient (Wildman–Crippen LogP) is 4.45. The van der Waals surface area contributed by atoms with Crippen molar-refractivity contribution < 1.29 is 22.7 Å². The molecule has 2 rings (SSSR count). The second-order valence-corrected chi connectivity index (χ2v) is 7.10. The Balaban J connectivity index is 2.27. The number of halogens is 3. The summed E-state index contributed by atoms with van der Waals surface area (Å²) in [4.78, 5) is 13.8. The first-order valence-corrected chi connectivity index (χ1v) is 8.21. The molecular formula is C17H24F3N3O2. The highest BCUT2D eigenvalue weighted by molar-refractivity contribution is 5.73. The number of amides is 1. The highest BCUT2D eigenvalue weighted by Crippen LogP contribution is 2.38. The van der Waals surface area contributed by atoms with Crippen LogP contribution in [0.25, 0.3) is 0 Å². The molecule has 0 aliphatic carbocycles. The van der Waals surface area contributed by atoms with E-state index in [0.717, 1.165) is 18.9 Å². The molecule has 1 atom stereocenters. The van der Waals surface area contributed by atoms with Crippen LogP contribution in [0.2, 0.25) is 0 Å². The van der Waals surface area contributed by atoms with E-state index in [1.165, 1.54) is 17.0 Å². The fourth-order valence-corrected chi connectivity index (χ4v) is 2.75. The molecule has 1 unspecified atom stereocenters. The monoisotopic (exact) mass is 359 g/mol. The second-order valence-electron chi connectivity index (χ2n) is 7.10. The van der Waals surface area contributed by atoms with Gasteiger partial charge < -0.3 is 15.8 Å². The summed E-state index contributed by atoms with van der Waals surface area (Å²) in [5.74, 6) is 0. The first-order chi connectivity index (χ1) is 11.5. The Morgan fingerprint density at radius 1 is 1.28 bits per heavy atom. The van der Waals surface area contributed by atoms with Crippen molar-refractivity contribution in [3.8, 4) is 0 Å². The Kier molecular flexibility index (Phi) is 5.39. The van der Waals surface area contributed by atoms with Gasteiger partial charge in [0.05, 0.1) is 16.9 Å². The molecule has 25 heavy (non-hydrogen) atoms. The molecule has 0 saturated carbocycles. The van der Waals surface area contributed by atoms with Gasteiger partial charge in [0.15, 0.2) is 0 Å². The molecule has 0 aromatic heterocycles. The Bertz CT molecular complexity index is 627. The van der Waals surface area contributed by atoms with Crippen LogP contribution in [-0.4, -0.2) is 29.3 Å². The normalized spacial score (nSPS) is 18.8. The van der Waals surface area contributed by atoms with Crippen molar-refractivity contribution in [2.75, 3.05) is 17.6 Å². The van der Waals surface area contributed by atoms with Gasteiger partial charge in [-0.1, -0.05) is 6.07 Å². The Labute approximate surface area is 145 Å². The summed E-state index contributed by atoms with van der Waals surface area (Å²) in [6, 6.07) is 3.63. The summed E-state index contributed by atoms with van der Waals surface area (Å²) >= 11 is 0. The SMILES string of the molecule is CC(C)(C)OC(=O)N1CCCCC1Nc1c(N)cccc1C(F)(F)F. The quantitative estimate of drug-likeness (QED) is 0.766. The van der Waals surface area contributed by atoms with Crippen LogP contribution in [0.1, 0.15) is 45.6 Å². The number of ether oxygens (including phenoxy) is 1. The number of alkyl halides is 3. The maximum Gasteiger partial charge on any atom is 0.418 e. The number of rotatable bonds is 2. The van der Waals surface area contributed by atoms with E-state index in [4.69, 9.17) is 10.5 Å². The van der Waals surface area contributed by atoms with Gasteiger partial charge in [-0.25, -0.2) is 4.79 Å². The number of carbonyl (C=O) groups excluding carboxylic acids is 1. The zero-order chi connectivity index (χ0) is 18.8. The number of nitrogen functional groups attached to an aromatic ring is 1. The number of nitrogens with two attached hydrogens (primary N) is 1. The molecule has 1 saturated heterocycles. The largest absolute Gasteiger partial charge is 0.444 e. The first-order valence-electron chi connectivity index (χ1n) is 8.21. The first kappa shape index (κ1) is 19.2. The van der Waals surface area contributed by atoms with Gasteiger partial charge in [-0.15, -0.1) is 0 Å². The van der Waals surface area contributed by atoms with Crippen LogP contribution >= 0.6 is 0 Å². The average molecular weight is 359 g/mol. The molecule has 0 bridgehead atoms. The van der Waals surface area contributed by atoms with Crippen molar-refractivity contribution >= 4 is 17.5 Å². The lowest BCUT2D eigenvalue weighted by atomic mass is 10.1. The Hall–Kier alpha value is -2.12. The van der Waals surface area contributed by atoms with E-state index in [1.54, 1.807) is 20.8 Å². The van der Waals surface area contributed by atoms with Crippen molar-refractivity contribution in [2.24, 2.45) is 0 Å². The highest BCUT2D eigenvalue weighted by Gasteiger charge is 2.36. The molecular weight excluding hydrogens is 335 g/mol. The molecule has 1 fully saturated rings. The van der Waals surface area contributed by atoms with Gasteiger partial charge >= 0.3 is 12.3 Å². The lowest BCUT2D eigenvalue weighted by molar-refractivity contribution is -0.137. The third-order valence-corrected chi connectivity index (χ3v) is 3.84. The van der Waals surface area contributed by atoms with E-state index in [1.807, 2.05) is 0 Å². The van der Waals surface area contributed by atoms with Crippen molar-refractivity contribution in [3.63, 3.8) is 0 Å². The molecule has 0 spiro atoms. The molecule has 1 aromatic rings. The zero-order valence-electron chi connectivity index (χ0n) is 14.6. The van der Waals surface area contributed by atoms with Crippen LogP contribution in [0.5, 0.6) is 0 Å². The minimum atomic E-state index is -4.54. The van der Waals surface area contributed by atoms with Gasteiger partial charge in [0.2, 0.25) is 0 Å². The van der Waals surface area contributed by atoms with Gasteiger partial charge in [-0.3, -0.25) is 4.90 Å². The van der Waals surface area contributed by atoms with Crippen LogP contribution in [0.4, 0.5) is 29.3 Å². The minimum Gasteiger partial charge on any atom is -0.444 e. The molecule has 140 valence electrons. The number of anilines is 2. The van der Waals surface area contributed by atoms with Crippen LogP contribution in [0.3, 0.4) is 0 Å². The summed E-state index contributed by atoms with van der Waals surface area (Å²) in [5.41, 5.74) is 4.03. The van der Waals surface area contributed by atoms with E-state index in [0.29, 0.717) is 13.0 Å². The molecule has 1 aromatic carbocycles. The van der Waals surface area contributed by atoms with Crippen LogP contribution < -0.4 is 11.1 Å². The number of nitrogens with one attached hydrogen (secondary N) is 1.